The molecule has 0 saturated carbocycles. The first-order chi connectivity index (χ1) is 12.0. The Balaban J connectivity index is 0.00000131. The summed E-state index contributed by atoms with van der Waals surface area (Å²) in [6.07, 6.45) is 1.92. The summed E-state index contributed by atoms with van der Waals surface area (Å²) in [6, 6.07) is 12.8. The zero-order valence-corrected chi connectivity index (χ0v) is 18.4. The van der Waals surface area contributed by atoms with Crippen molar-refractivity contribution >= 4 is 53.8 Å². The number of nitrogens with two attached hydrogens (primary N) is 1. The van der Waals surface area contributed by atoms with Crippen molar-refractivity contribution in [1.29, 1.82) is 0 Å². The van der Waals surface area contributed by atoms with Crippen LogP contribution in [0.3, 0.4) is 0 Å². The first kappa shape index (κ1) is 24.5. The Kier molecular flexibility index (Phi) is 8.60. The van der Waals surface area contributed by atoms with Crippen molar-refractivity contribution in [2.75, 3.05) is 31.2 Å². The van der Waals surface area contributed by atoms with Crippen LogP contribution >= 0.6 is 37.2 Å². The van der Waals surface area contributed by atoms with Crippen LogP contribution in [0, 0.1) is 0 Å². The van der Waals surface area contributed by atoms with Crippen molar-refractivity contribution < 1.29 is 4.74 Å². The fraction of sp³-hybridized carbons (Fsp3) is 0.350. The zero-order chi connectivity index (χ0) is 17.4. The van der Waals surface area contributed by atoms with E-state index < -0.39 is 0 Å². The standard InChI is InChI=1S/C20H24N4O.3ClH/c1-20(2,21)15-5-3-14(4-6-15)16-7-8-18-17(13-22-23-18)19(16)24-9-11-25-12-10-24;;;/h3-8,13H,9-12,21H2,1-2H3,(H,22,23);3*1H. The lowest BCUT2D eigenvalue weighted by molar-refractivity contribution is 0.123. The minimum atomic E-state index is -0.333. The SMILES string of the molecule is CC(C)(N)c1ccc(-c2ccc3[nH]ncc3c2N2CCOCC2)cc1.Cl.Cl.Cl. The number of anilines is 1. The average molecular weight is 446 g/mol. The lowest BCUT2D eigenvalue weighted by atomic mass is 9.92. The molecule has 154 valence electrons. The highest BCUT2D eigenvalue weighted by Gasteiger charge is 2.20. The van der Waals surface area contributed by atoms with E-state index in [0.29, 0.717) is 0 Å². The third kappa shape index (κ3) is 4.73. The van der Waals surface area contributed by atoms with Gasteiger partial charge in [-0.1, -0.05) is 30.3 Å². The number of hydrogen-bond acceptors (Lipinski definition) is 4. The maximum atomic E-state index is 6.22. The summed E-state index contributed by atoms with van der Waals surface area (Å²) in [6.45, 7) is 7.36. The summed E-state index contributed by atoms with van der Waals surface area (Å²) in [5, 5.41) is 8.48. The molecule has 1 aromatic heterocycles. The molecule has 0 amide bonds. The topological polar surface area (TPSA) is 67.2 Å². The molecular weight excluding hydrogens is 419 g/mol. The Morgan fingerprint density at radius 1 is 1.00 bits per heavy atom. The number of aromatic nitrogens is 2. The molecule has 28 heavy (non-hydrogen) atoms. The third-order valence-corrected chi connectivity index (χ3v) is 4.86. The van der Waals surface area contributed by atoms with E-state index in [4.69, 9.17) is 10.5 Å². The van der Waals surface area contributed by atoms with Gasteiger partial charge in [0.25, 0.3) is 0 Å². The maximum Gasteiger partial charge on any atom is 0.0671 e. The largest absolute Gasteiger partial charge is 0.378 e. The highest BCUT2D eigenvalue weighted by atomic mass is 35.5. The zero-order valence-electron chi connectivity index (χ0n) is 16.0. The van der Waals surface area contributed by atoms with Crippen molar-refractivity contribution in [3.8, 4) is 11.1 Å². The number of H-pyrrole nitrogens is 1. The fourth-order valence-corrected chi connectivity index (χ4v) is 3.44. The van der Waals surface area contributed by atoms with Gasteiger partial charge in [0.2, 0.25) is 0 Å². The molecule has 2 aromatic carbocycles. The van der Waals surface area contributed by atoms with Gasteiger partial charge in [-0.3, -0.25) is 5.10 Å². The number of fused-ring (bicyclic) bond motifs is 1. The minimum absolute atomic E-state index is 0. The van der Waals surface area contributed by atoms with E-state index in [1.165, 1.54) is 16.8 Å². The molecule has 1 aliphatic rings. The lowest BCUT2D eigenvalue weighted by Crippen LogP contribution is -2.36. The molecule has 8 heteroatoms. The van der Waals surface area contributed by atoms with E-state index in [-0.39, 0.29) is 42.8 Å². The molecule has 3 N–H and O–H groups in total. The maximum absolute atomic E-state index is 6.22. The molecule has 0 radical (unpaired) electrons. The normalized spacial score (nSPS) is 14.0. The van der Waals surface area contributed by atoms with Gasteiger partial charge in [-0.2, -0.15) is 5.10 Å². The van der Waals surface area contributed by atoms with Crippen LogP contribution in [0.25, 0.3) is 22.0 Å². The third-order valence-electron chi connectivity index (χ3n) is 4.86. The Labute approximate surface area is 184 Å². The summed E-state index contributed by atoms with van der Waals surface area (Å²) in [5.41, 5.74) is 11.7. The molecule has 1 fully saturated rings. The molecule has 0 atom stereocenters. The van der Waals surface area contributed by atoms with Gasteiger partial charge in [0.1, 0.15) is 0 Å². The Morgan fingerprint density at radius 3 is 2.25 bits per heavy atom. The van der Waals surface area contributed by atoms with Crippen molar-refractivity contribution in [3.05, 3.63) is 48.2 Å². The summed E-state index contributed by atoms with van der Waals surface area (Å²) >= 11 is 0. The lowest BCUT2D eigenvalue weighted by Gasteiger charge is -2.31. The van der Waals surface area contributed by atoms with Gasteiger partial charge in [0.15, 0.2) is 0 Å². The summed E-state index contributed by atoms with van der Waals surface area (Å²) in [7, 11) is 0. The molecule has 1 saturated heterocycles. The van der Waals surface area contributed by atoms with Crippen molar-refractivity contribution in [3.63, 3.8) is 0 Å². The molecule has 0 spiro atoms. The summed E-state index contributed by atoms with van der Waals surface area (Å²) < 4.78 is 5.53. The van der Waals surface area contributed by atoms with Gasteiger partial charge in [-0.25, -0.2) is 0 Å². The highest BCUT2D eigenvalue weighted by Crippen LogP contribution is 2.37. The number of ether oxygens (including phenoxy) is 1. The van der Waals surface area contributed by atoms with E-state index in [1.54, 1.807) is 0 Å². The Morgan fingerprint density at radius 2 is 1.64 bits per heavy atom. The van der Waals surface area contributed by atoms with Gasteiger partial charge in [-0.05, 0) is 31.0 Å². The second-order valence-electron chi connectivity index (χ2n) is 7.19. The predicted octanol–water partition coefficient (Wildman–Crippen LogP) is 4.53. The second-order valence-corrected chi connectivity index (χ2v) is 7.19. The quantitative estimate of drug-likeness (QED) is 0.622. The van der Waals surface area contributed by atoms with Crippen molar-refractivity contribution in [2.45, 2.75) is 19.4 Å². The van der Waals surface area contributed by atoms with E-state index in [2.05, 4.69) is 51.5 Å². The van der Waals surface area contributed by atoms with Crippen LogP contribution in [0.5, 0.6) is 0 Å². The highest BCUT2D eigenvalue weighted by molar-refractivity contribution is 6.00. The molecule has 3 aromatic rings. The number of morpholine rings is 1. The van der Waals surface area contributed by atoms with Crippen LogP contribution in [0.15, 0.2) is 42.6 Å². The Bertz CT molecular complexity index is 885. The van der Waals surface area contributed by atoms with Crippen LogP contribution in [0.1, 0.15) is 19.4 Å². The Hall–Kier alpha value is -1.50. The van der Waals surface area contributed by atoms with Crippen LogP contribution < -0.4 is 10.6 Å². The summed E-state index contributed by atoms with van der Waals surface area (Å²) in [4.78, 5) is 2.40. The molecule has 0 bridgehead atoms. The molecule has 1 aliphatic heterocycles. The van der Waals surface area contributed by atoms with Gasteiger partial charge in [-0.15, -0.1) is 37.2 Å². The summed E-state index contributed by atoms with van der Waals surface area (Å²) in [5.74, 6) is 0. The van der Waals surface area contributed by atoms with Crippen molar-refractivity contribution in [1.82, 2.24) is 10.2 Å². The fourth-order valence-electron chi connectivity index (χ4n) is 3.44. The number of rotatable bonds is 3. The molecule has 0 unspecified atom stereocenters. The van der Waals surface area contributed by atoms with Gasteiger partial charge in [0, 0.05) is 29.6 Å². The smallest absolute Gasteiger partial charge is 0.0671 e. The van der Waals surface area contributed by atoms with Crippen LogP contribution in [-0.2, 0) is 10.3 Å². The van der Waals surface area contributed by atoms with E-state index >= 15 is 0 Å². The van der Waals surface area contributed by atoms with E-state index in [9.17, 15) is 0 Å². The number of halogens is 3. The number of aromatic amines is 1. The number of hydrogen-bond donors (Lipinski definition) is 2. The number of nitrogens with one attached hydrogen (secondary N) is 1. The van der Waals surface area contributed by atoms with Crippen LogP contribution in [-0.4, -0.2) is 36.5 Å². The van der Waals surface area contributed by atoms with Gasteiger partial charge >= 0.3 is 0 Å². The first-order valence-electron chi connectivity index (χ1n) is 8.72. The number of benzene rings is 2. The first-order valence-corrected chi connectivity index (χ1v) is 8.72. The molecule has 5 nitrogen and oxygen atoms in total. The van der Waals surface area contributed by atoms with E-state index in [0.717, 1.165) is 42.8 Å². The molecular formula is C20H27Cl3N4O. The molecule has 4 rings (SSSR count). The van der Waals surface area contributed by atoms with Gasteiger partial charge < -0.3 is 15.4 Å². The minimum Gasteiger partial charge on any atom is -0.378 e. The second kappa shape index (κ2) is 9.81. The predicted molar refractivity (Wildman–Crippen MR) is 124 cm³/mol. The number of nitrogens with zero attached hydrogens (tertiary/aromatic N) is 2. The average Bonchev–Trinajstić information content (AvgIpc) is 3.09. The van der Waals surface area contributed by atoms with Gasteiger partial charge in [0.05, 0.1) is 30.6 Å². The molecule has 2 heterocycles. The molecule has 0 aliphatic carbocycles. The van der Waals surface area contributed by atoms with E-state index in [1.807, 2.05) is 20.0 Å². The monoisotopic (exact) mass is 444 g/mol. The van der Waals surface area contributed by atoms with Crippen LogP contribution in [0.4, 0.5) is 5.69 Å². The van der Waals surface area contributed by atoms with Crippen molar-refractivity contribution in [2.24, 2.45) is 5.73 Å². The van der Waals surface area contributed by atoms with Crippen LogP contribution in [0.2, 0.25) is 0 Å².